The Morgan fingerprint density at radius 1 is 1.53 bits per heavy atom. The van der Waals surface area contributed by atoms with Crippen molar-refractivity contribution < 1.29 is 9.53 Å². The normalized spacial score (nSPS) is 16.9. The van der Waals surface area contributed by atoms with E-state index < -0.39 is 5.97 Å². The number of hydrogen-bond acceptors (Lipinski definition) is 6. The van der Waals surface area contributed by atoms with Gasteiger partial charge in [0.2, 0.25) is 5.82 Å². The number of methoxy groups -OCH3 is 1. The van der Waals surface area contributed by atoms with Gasteiger partial charge >= 0.3 is 5.97 Å². The van der Waals surface area contributed by atoms with E-state index in [2.05, 4.69) is 19.6 Å². The smallest absolute Gasteiger partial charge is 0.376 e. The van der Waals surface area contributed by atoms with Crippen LogP contribution in [0.1, 0.15) is 23.5 Å². The quantitative estimate of drug-likeness (QED) is 0.738. The first-order valence-corrected chi connectivity index (χ1v) is 5.62. The molecule has 1 aliphatic heterocycles. The lowest BCUT2D eigenvalue weighted by Gasteiger charge is -2.30. The summed E-state index contributed by atoms with van der Waals surface area (Å²) < 4.78 is 4.59. The summed E-state index contributed by atoms with van der Waals surface area (Å²) in [5.41, 5.74) is 5.84. The van der Waals surface area contributed by atoms with Gasteiger partial charge in [0.05, 0.1) is 7.11 Å². The van der Waals surface area contributed by atoms with E-state index in [9.17, 15) is 4.79 Å². The third-order valence-corrected chi connectivity index (χ3v) is 2.87. The molecule has 0 radical (unpaired) electrons. The van der Waals surface area contributed by atoms with Crippen LogP contribution >= 0.6 is 0 Å². The number of nitrogens with two attached hydrogens (primary N) is 1. The van der Waals surface area contributed by atoms with E-state index in [0.717, 1.165) is 31.7 Å². The number of ether oxygens (including phenoxy) is 1. The highest BCUT2D eigenvalue weighted by Crippen LogP contribution is 2.16. The summed E-state index contributed by atoms with van der Waals surface area (Å²) >= 11 is 0. The molecular formula is C11H16N4O2. The van der Waals surface area contributed by atoms with Crippen LogP contribution in [0, 0.1) is 0 Å². The zero-order valence-electron chi connectivity index (χ0n) is 9.80. The Hall–Kier alpha value is -1.69. The molecule has 6 nitrogen and oxygen atoms in total. The molecule has 0 unspecified atom stereocenters. The van der Waals surface area contributed by atoms with Gasteiger partial charge in [-0.05, 0) is 18.9 Å². The molecule has 1 saturated heterocycles. The molecule has 0 spiro atoms. The molecule has 0 amide bonds. The van der Waals surface area contributed by atoms with Crippen molar-refractivity contribution in [1.82, 2.24) is 9.97 Å². The minimum Gasteiger partial charge on any atom is -0.463 e. The SMILES string of the molecule is COC(=O)c1nccc(N2CCC(N)CC2)n1. The van der Waals surface area contributed by atoms with Crippen LogP contribution in [-0.2, 0) is 4.74 Å². The standard InChI is InChI=1S/C11H16N4O2/c1-17-11(16)10-13-5-2-9(14-10)15-6-3-8(12)4-7-15/h2,5,8H,3-4,6-7,12H2,1H3. The fourth-order valence-corrected chi connectivity index (χ4v) is 1.84. The summed E-state index contributed by atoms with van der Waals surface area (Å²) in [6, 6.07) is 2.07. The molecule has 0 aliphatic carbocycles. The zero-order valence-corrected chi connectivity index (χ0v) is 9.80. The van der Waals surface area contributed by atoms with Crippen molar-refractivity contribution in [3.8, 4) is 0 Å². The highest BCUT2D eigenvalue weighted by atomic mass is 16.5. The van der Waals surface area contributed by atoms with Crippen LogP contribution in [-0.4, -0.2) is 42.2 Å². The van der Waals surface area contributed by atoms with Crippen molar-refractivity contribution in [3.05, 3.63) is 18.1 Å². The van der Waals surface area contributed by atoms with Gasteiger partial charge in [-0.15, -0.1) is 0 Å². The van der Waals surface area contributed by atoms with Crippen molar-refractivity contribution in [1.29, 1.82) is 0 Å². The molecule has 1 aromatic rings. The van der Waals surface area contributed by atoms with Gasteiger partial charge in [0.1, 0.15) is 5.82 Å². The molecule has 2 rings (SSSR count). The van der Waals surface area contributed by atoms with Crippen molar-refractivity contribution in [2.24, 2.45) is 5.73 Å². The molecule has 1 aliphatic rings. The van der Waals surface area contributed by atoms with Crippen molar-refractivity contribution in [2.45, 2.75) is 18.9 Å². The van der Waals surface area contributed by atoms with Gasteiger partial charge in [0.15, 0.2) is 0 Å². The minimum absolute atomic E-state index is 0.0971. The Morgan fingerprint density at radius 2 is 2.24 bits per heavy atom. The zero-order chi connectivity index (χ0) is 12.3. The van der Waals surface area contributed by atoms with E-state index >= 15 is 0 Å². The summed E-state index contributed by atoms with van der Waals surface area (Å²) in [5, 5.41) is 0. The number of anilines is 1. The summed E-state index contributed by atoms with van der Waals surface area (Å²) in [6.07, 6.45) is 3.46. The van der Waals surface area contributed by atoms with Gasteiger partial charge in [-0.3, -0.25) is 0 Å². The number of aromatic nitrogens is 2. The van der Waals surface area contributed by atoms with Crippen molar-refractivity contribution in [2.75, 3.05) is 25.1 Å². The number of carbonyl (C=O) groups is 1. The molecule has 17 heavy (non-hydrogen) atoms. The molecule has 2 heterocycles. The lowest BCUT2D eigenvalue weighted by molar-refractivity contribution is 0.0586. The van der Waals surface area contributed by atoms with Crippen LogP contribution < -0.4 is 10.6 Å². The molecule has 0 aromatic carbocycles. The topological polar surface area (TPSA) is 81.3 Å². The van der Waals surface area contributed by atoms with E-state index in [1.165, 1.54) is 7.11 Å². The van der Waals surface area contributed by atoms with Gasteiger partial charge in [-0.25, -0.2) is 14.8 Å². The first-order chi connectivity index (χ1) is 8.20. The Balaban J connectivity index is 2.13. The second kappa shape index (κ2) is 5.09. The summed E-state index contributed by atoms with van der Waals surface area (Å²) in [6.45, 7) is 1.72. The Labute approximate surface area is 99.8 Å². The van der Waals surface area contributed by atoms with Crippen LogP contribution in [0.25, 0.3) is 0 Å². The number of carbonyl (C=O) groups excluding carboxylic acids is 1. The highest BCUT2D eigenvalue weighted by Gasteiger charge is 2.18. The fraction of sp³-hybridized carbons (Fsp3) is 0.545. The highest BCUT2D eigenvalue weighted by molar-refractivity contribution is 5.85. The summed E-state index contributed by atoms with van der Waals surface area (Å²) in [4.78, 5) is 21.5. The fourth-order valence-electron chi connectivity index (χ4n) is 1.84. The largest absolute Gasteiger partial charge is 0.463 e. The van der Waals surface area contributed by atoms with Gasteiger partial charge in [-0.2, -0.15) is 0 Å². The number of piperidine rings is 1. The lowest BCUT2D eigenvalue weighted by Crippen LogP contribution is -2.40. The van der Waals surface area contributed by atoms with Crippen molar-refractivity contribution in [3.63, 3.8) is 0 Å². The number of rotatable bonds is 2. The van der Waals surface area contributed by atoms with Gasteiger partial charge in [0.25, 0.3) is 0 Å². The third kappa shape index (κ3) is 2.71. The average Bonchev–Trinajstić information content (AvgIpc) is 2.39. The van der Waals surface area contributed by atoms with E-state index in [-0.39, 0.29) is 11.9 Å². The lowest BCUT2D eigenvalue weighted by atomic mass is 10.1. The second-order valence-corrected chi connectivity index (χ2v) is 4.05. The Kier molecular flexibility index (Phi) is 3.53. The molecule has 6 heteroatoms. The van der Waals surface area contributed by atoms with Crippen LogP contribution in [0.3, 0.4) is 0 Å². The van der Waals surface area contributed by atoms with Crippen LogP contribution in [0.15, 0.2) is 12.3 Å². The second-order valence-electron chi connectivity index (χ2n) is 4.05. The van der Waals surface area contributed by atoms with Gasteiger partial charge in [-0.1, -0.05) is 0 Å². The summed E-state index contributed by atoms with van der Waals surface area (Å²) in [7, 11) is 1.32. The number of esters is 1. The number of hydrogen-bond donors (Lipinski definition) is 1. The molecule has 1 fully saturated rings. The van der Waals surface area contributed by atoms with E-state index in [1.54, 1.807) is 12.3 Å². The predicted molar refractivity (Wildman–Crippen MR) is 62.8 cm³/mol. The van der Waals surface area contributed by atoms with Crippen molar-refractivity contribution >= 4 is 11.8 Å². The van der Waals surface area contributed by atoms with Crippen LogP contribution in [0.5, 0.6) is 0 Å². The van der Waals surface area contributed by atoms with Crippen LogP contribution in [0.4, 0.5) is 5.82 Å². The van der Waals surface area contributed by atoms with E-state index in [1.807, 2.05) is 0 Å². The minimum atomic E-state index is -0.513. The Morgan fingerprint density at radius 3 is 2.88 bits per heavy atom. The molecule has 2 N–H and O–H groups in total. The molecule has 0 saturated carbocycles. The van der Waals surface area contributed by atoms with Gasteiger partial charge < -0.3 is 15.4 Å². The van der Waals surface area contributed by atoms with E-state index in [4.69, 9.17) is 5.73 Å². The third-order valence-electron chi connectivity index (χ3n) is 2.87. The molecule has 1 aromatic heterocycles. The molecule has 0 bridgehead atoms. The maximum Gasteiger partial charge on any atom is 0.376 e. The number of nitrogens with zero attached hydrogens (tertiary/aromatic N) is 3. The van der Waals surface area contributed by atoms with E-state index in [0.29, 0.717) is 0 Å². The maximum absolute atomic E-state index is 11.3. The predicted octanol–water partition coefficient (Wildman–Crippen LogP) is 0.191. The first-order valence-electron chi connectivity index (χ1n) is 5.62. The van der Waals surface area contributed by atoms with Gasteiger partial charge in [0, 0.05) is 25.3 Å². The molecule has 92 valence electrons. The average molecular weight is 236 g/mol. The summed E-state index contributed by atoms with van der Waals surface area (Å²) in [5.74, 6) is 0.340. The van der Waals surface area contributed by atoms with Crippen LogP contribution in [0.2, 0.25) is 0 Å². The molecular weight excluding hydrogens is 220 g/mol. The Bertz CT molecular complexity index is 402. The molecule has 0 atom stereocenters. The first kappa shape index (κ1) is 11.8. The maximum atomic E-state index is 11.3. The monoisotopic (exact) mass is 236 g/mol.